The number of benzene rings is 1. The molecule has 1 aromatic carbocycles. The highest BCUT2D eigenvalue weighted by atomic mass is 35.5. The molecule has 1 unspecified atom stereocenters. The van der Waals surface area contributed by atoms with Gasteiger partial charge in [0.1, 0.15) is 0 Å². The molecule has 0 aliphatic heterocycles. The first-order valence-corrected chi connectivity index (χ1v) is 6.20. The molecule has 1 atom stereocenters. The molecule has 0 fully saturated rings. The van der Waals surface area contributed by atoms with Gasteiger partial charge in [-0.25, -0.2) is 0 Å². The van der Waals surface area contributed by atoms with Crippen molar-refractivity contribution < 1.29 is 0 Å². The highest BCUT2D eigenvalue weighted by Crippen LogP contribution is 2.32. The molecule has 1 aromatic rings. The second-order valence-electron chi connectivity index (χ2n) is 4.24. The van der Waals surface area contributed by atoms with Crippen molar-refractivity contribution in [3.8, 4) is 0 Å². The molecule has 1 nitrogen and oxygen atoms in total. The lowest BCUT2D eigenvalue weighted by Gasteiger charge is -2.13. The van der Waals surface area contributed by atoms with Crippen LogP contribution >= 0.6 is 11.6 Å². The van der Waals surface area contributed by atoms with E-state index in [1.807, 2.05) is 6.07 Å². The van der Waals surface area contributed by atoms with Crippen LogP contribution in [0.5, 0.6) is 0 Å². The summed E-state index contributed by atoms with van der Waals surface area (Å²) in [6.45, 7) is 3.35. The fourth-order valence-electron chi connectivity index (χ4n) is 2.25. The first kappa shape index (κ1) is 11.0. The van der Waals surface area contributed by atoms with Crippen molar-refractivity contribution in [3.05, 3.63) is 34.3 Å². The maximum atomic E-state index is 5.98. The van der Waals surface area contributed by atoms with Gasteiger partial charge in [-0.1, -0.05) is 31.0 Å². The lowest BCUT2D eigenvalue weighted by molar-refractivity contribution is 0.518. The third kappa shape index (κ3) is 2.53. The molecule has 0 amide bonds. The second kappa shape index (κ2) is 5.00. The minimum Gasteiger partial charge on any atom is -0.310 e. The smallest absolute Gasteiger partial charge is 0.0408 e. The number of hydrogen-bond acceptors (Lipinski definition) is 1. The molecule has 82 valence electrons. The van der Waals surface area contributed by atoms with E-state index in [-0.39, 0.29) is 0 Å². The van der Waals surface area contributed by atoms with Crippen LogP contribution in [0, 0.1) is 0 Å². The van der Waals surface area contributed by atoms with Crippen LogP contribution in [0.2, 0.25) is 5.02 Å². The van der Waals surface area contributed by atoms with Crippen LogP contribution in [0.1, 0.15) is 43.4 Å². The van der Waals surface area contributed by atoms with Gasteiger partial charge in [-0.3, -0.25) is 0 Å². The Morgan fingerprint density at radius 1 is 1.47 bits per heavy atom. The minimum atomic E-state index is 0.559. The minimum absolute atomic E-state index is 0.559. The van der Waals surface area contributed by atoms with Crippen LogP contribution < -0.4 is 5.32 Å². The molecule has 1 aliphatic rings. The predicted molar refractivity (Wildman–Crippen MR) is 65.4 cm³/mol. The second-order valence-corrected chi connectivity index (χ2v) is 4.68. The summed E-state index contributed by atoms with van der Waals surface area (Å²) in [6.07, 6.45) is 4.91. The average molecular weight is 224 g/mol. The highest BCUT2D eigenvalue weighted by Gasteiger charge is 2.21. The van der Waals surface area contributed by atoms with Crippen molar-refractivity contribution in [1.29, 1.82) is 0 Å². The van der Waals surface area contributed by atoms with Crippen molar-refractivity contribution in [3.63, 3.8) is 0 Å². The van der Waals surface area contributed by atoms with Gasteiger partial charge >= 0.3 is 0 Å². The number of nitrogens with one attached hydrogen (secondary N) is 1. The first-order valence-electron chi connectivity index (χ1n) is 5.83. The van der Waals surface area contributed by atoms with Crippen LogP contribution in [0.3, 0.4) is 0 Å². The number of aryl methyl sites for hydroxylation is 1. The van der Waals surface area contributed by atoms with E-state index < -0.39 is 0 Å². The van der Waals surface area contributed by atoms with E-state index >= 15 is 0 Å². The zero-order chi connectivity index (χ0) is 10.7. The molecule has 0 radical (unpaired) electrons. The molecule has 0 aromatic heterocycles. The van der Waals surface area contributed by atoms with Gasteiger partial charge < -0.3 is 5.32 Å². The Hall–Kier alpha value is -0.530. The van der Waals surface area contributed by atoms with Crippen molar-refractivity contribution in [2.24, 2.45) is 0 Å². The summed E-state index contributed by atoms with van der Waals surface area (Å²) < 4.78 is 0. The molecule has 15 heavy (non-hydrogen) atoms. The number of fused-ring (bicyclic) bond motifs is 1. The third-order valence-electron chi connectivity index (χ3n) is 3.10. The Balaban J connectivity index is 2.02. The van der Waals surface area contributed by atoms with Crippen LogP contribution in [-0.2, 0) is 6.42 Å². The van der Waals surface area contributed by atoms with Crippen molar-refractivity contribution in [2.45, 2.75) is 38.6 Å². The Morgan fingerprint density at radius 2 is 2.33 bits per heavy atom. The molecule has 0 spiro atoms. The summed E-state index contributed by atoms with van der Waals surface area (Å²) in [6, 6.07) is 6.84. The van der Waals surface area contributed by atoms with Gasteiger partial charge in [-0.2, -0.15) is 0 Å². The van der Waals surface area contributed by atoms with E-state index in [4.69, 9.17) is 11.6 Å². The Kier molecular flexibility index (Phi) is 3.66. The lowest BCUT2D eigenvalue weighted by atomic mass is 10.1. The Bertz CT molecular complexity index is 335. The monoisotopic (exact) mass is 223 g/mol. The van der Waals surface area contributed by atoms with Crippen molar-refractivity contribution >= 4 is 11.6 Å². The maximum Gasteiger partial charge on any atom is 0.0408 e. The molecule has 2 rings (SSSR count). The molecule has 0 heterocycles. The first-order chi connectivity index (χ1) is 7.31. The van der Waals surface area contributed by atoms with E-state index in [0.717, 1.165) is 11.6 Å². The largest absolute Gasteiger partial charge is 0.310 e. The summed E-state index contributed by atoms with van der Waals surface area (Å²) >= 11 is 5.98. The number of halogens is 1. The van der Waals surface area contributed by atoms with Crippen LogP contribution in [-0.4, -0.2) is 6.54 Å². The van der Waals surface area contributed by atoms with E-state index in [1.165, 1.54) is 36.8 Å². The summed E-state index contributed by atoms with van der Waals surface area (Å²) in [5, 5.41) is 4.48. The van der Waals surface area contributed by atoms with Gasteiger partial charge in [0.25, 0.3) is 0 Å². The average Bonchev–Trinajstić information content (AvgIpc) is 2.61. The fourth-order valence-corrected chi connectivity index (χ4v) is 2.45. The van der Waals surface area contributed by atoms with E-state index in [2.05, 4.69) is 24.4 Å². The Morgan fingerprint density at radius 3 is 3.13 bits per heavy atom. The number of hydrogen-bond donors (Lipinski definition) is 1. The zero-order valence-electron chi connectivity index (χ0n) is 9.22. The standard InChI is InChI=1S/C13H18ClN/c1-2-3-8-15-13-7-4-10-9-11(14)5-6-12(10)13/h5-6,9,13,15H,2-4,7-8H2,1H3. The van der Waals surface area contributed by atoms with E-state index in [0.29, 0.717) is 6.04 Å². The molecular formula is C13H18ClN. The number of unbranched alkanes of at least 4 members (excludes halogenated alkanes) is 1. The maximum absolute atomic E-state index is 5.98. The number of rotatable bonds is 4. The summed E-state index contributed by atoms with van der Waals surface area (Å²) in [4.78, 5) is 0. The topological polar surface area (TPSA) is 12.0 Å². The van der Waals surface area contributed by atoms with E-state index in [1.54, 1.807) is 0 Å². The predicted octanol–water partition coefficient (Wildman–Crippen LogP) is 3.72. The van der Waals surface area contributed by atoms with Crippen molar-refractivity contribution in [1.82, 2.24) is 5.32 Å². The van der Waals surface area contributed by atoms with E-state index in [9.17, 15) is 0 Å². The van der Waals surface area contributed by atoms with Crippen LogP contribution in [0.4, 0.5) is 0 Å². The molecule has 1 N–H and O–H groups in total. The van der Waals surface area contributed by atoms with Gasteiger partial charge in [0, 0.05) is 11.1 Å². The molecule has 2 heteroatoms. The normalized spacial score (nSPS) is 19.2. The van der Waals surface area contributed by atoms with Crippen LogP contribution in [0.25, 0.3) is 0 Å². The van der Waals surface area contributed by atoms with Crippen LogP contribution in [0.15, 0.2) is 18.2 Å². The quantitative estimate of drug-likeness (QED) is 0.768. The van der Waals surface area contributed by atoms with Gasteiger partial charge in [0.2, 0.25) is 0 Å². The van der Waals surface area contributed by atoms with Gasteiger partial charge in [-0.15, -0.1) is 0 Å². The molecule has 0 bridgehead atoms. The van der Waals surface area contributed by atoms with Gasteiger partial charge in [0.05, 0.1) is 0 Å². The highest BCUT2D eigenvalue weighted by molar-refractivity contribution is 6.30. The molecule has 0 saturated carbocycles. The van der Waals surface area contributed by atoms with Gasteiger partial charge in [-0.05, 0) is 49.1 Å². The fraction of sp³-hybridized carbons (Fsp3) is 0.538. The van der Waals surface area contributed by atoms with Crippen molar-refractivity contribution in [2.75, 3.05) is 6.54 Å². The molecular weight excluding hydrogens is 206 g/mol. The molecule has 0 saturated heterocycles. The SMILES string of the molecule is CCCCNC1CCc2cc(Cl)ccc21. The summed E-state index contributed by atoms with van der Waals surface area (Å²) in [5.74, 6) is 0. The summed E-state index contributed by atoms with van der Waals surface area (Å²) in [5.41, 5.74) is 2.88. The van der Waals surface area contributed by atoms with Gasteiger partial charge in [0.15, 0.2) is 0 Å². The zero-order valence-corrected chi connectivity index (χ0v) is 9.98. The summed E-state index contributed by atoms with van der Waals surface area (Å²) in [7, 11) is 0. The Labute approximate surface area is 96.8 Å². The third-order valence-corrected chi connectivity index (χ3v) is 3.34. The molecule has 1 aliphatic carbocycles. The lowest BCUT2D eigenvalue weighted by Crippen LogP contribution is -2.20.